The molecule has 0 spiro atoms. The molecule has 0 amide bonds. The van der Waals surface area contributed by atoms with E-state index >= 15 is 0 Å². The second-order valence-electron chi connectivity index (χ2n) is 0.683. The Morgan fingerprint density at radius 2 is 2.17 bits per heavy atom. The summed E-state index contributed by atoms with van der Waals surface area (Å²) in [5.41, 5.74) is 4.89. The molecule has 0 unspecified atom stereocenters. The maximum atomic E-state index is 4.89. The van der Waals surface area contributed by atoms with Crippen LogP contribution in [0.2, 0.25) is 0 Å². The minimum atomic E-state index is 1.36. The Morgan fingerprint density at radius 1 is 1.50 bits per heavy atom. The third-order valence-electron chi connectivity index (χ3n) is 0.283. The lowest BCUT2D eigenvalue weighted by atomic mass is 10.7. The highest BCUT2D eigenvalue weighted by Gasteiger charge is 1.49. The van der Waals surface area contributed by atoms with Gasteiger partial charge in [0, 0.05) is 6.21 Å². The van der Waals surface area contributed by atoms with Crippen LogP contribution < -0.4 is 11.6 Å². The SMILES string of the molecule is N/C=C\C=N\N. The summed E-state index contributed by atoms with van der Waals surface area (Å²) in [7, 11) is 0. The van der Waals surface area contributed by atoms with Gasteiger partial charge < -0.3 is 11.6 Å². The van der Waals surface area contributed by atoms with Gasteiger partial charge in [0.05, 0.1) is 0 Å². The lowest BCUT2D eigenvalue weighted by molar-refractivity contribution is 1.27. The molecule has 0 saturated heterocycles. The van der Waals surface area contributed by atoms with Crippen LogP contribution >= 0.6 is 0 Å². The first kappa shape index (κ1) is 5.01. The molecule has 6 heavy (non-hydrogen) atoms. The molecule has 0 atom stereocenters. The Labute approximate surface area is 36.3 Å². The summed E-state index contributed by atoms with van der Waals surface area (Å²) in [4.78, 5) is 0. The van der Waals surface area contributed by atoms with Crippen molar-refractivity contribution < 1.29 is 0 Å². The monoisotopic (exact) mass is 85.1 g/mol. The minimum absolute atomic E-state index is 1.36. The fourth-order valence-corrected chi connectivity index (χ4v) is 0.0994. The van der Waals surface area contributed by atoms with Crippen LogP contribution in [0.15, 0.2) is 17.4 Å². The van der Waals surface area contributed by atoms with Crippen molar-refractivity contribution in [1.29, 1.82) is 0 Å². The van der Waals surface area contributed by atoms with E-state index in [1.165, 1.54) is 12.4 Å². The maximum Gasteiger partial charge on any atom is 0.0479 e. The lowest BCUT2D eigenvalue weighted by Crippen LogP contribution is -1.80. The van der Waals surface area contributed by atoms with Crippen LogP contribution in [0.25, 0.3) is 0 Å². The molecule has 0 heterocycles. The van der Waals surface area contributed by atoms with Gasteiger partial charge in [-0.25, -0.2) is 0 Å². The Hall–Kier alpha value is -0.990. The van der Waals surface area contributed by atoms with E-state index in [2.05, 4.69) is 10.9 Å². The van der Waals surface area contributed by atoms with Crippen LogP contribution in [0.4, 0.5) is 0 Å². The molecule has 0 aromatic heterocycles. The van der Waals surface area contributed by atoms with Gasteiger partial charge in [-0.3, -0.25) is 0 Å². The highest BCUT2D eigenvalue weighted by atomic mass is 15.1. The van der Waals surface area contributed by atoms with E-state index in [0.717, 1.165) is 0 Å². The average molecular weight is 85.1 g/mol. The van der Waals surface area contributed by atoms with E-state index in [1.54, 1.807) is 6.08 Å². The third kappa shape index (κ3) is 3.01. The molecule has 0 aliphatic heterocycles. The van der Waals surface area contributed by atoms with Crippen molar-refractivity contribution in [3.63, 3.8) is 0 Å². The van der Waals surface area contributed by atoms with Crippen LogP contribution in [-0.4, -0.2) is 6.21 Å². The molecule has 0 aromatic rings. The second kappa shape index (κ2) is 4.01. The molecule has 3 nitrogen and oxygen atoms in total. The average Bonchev–Trinajstić information content (AvgIpc) is 1.61. The minimum Gasteiger partial charge on any atom is -0.405 e. The topological polar surface area (TPSA) is 64.4 Å². The van der Waals surface area contributed by atoms with Crippen molar-refractivity contribution in [2.75, 3.05) is 0 Å². The van der Waals surface area contributed by atoms with Crippen molar-refractivity contribution in [2.45, 2.75) is 0 Å². The number of allylic oxidation sites excluding steroid dienone is 1. The molecule has 0 saturated carbocycles. The van der Waals surface area contributed by atoms with E-state index in [1.807, 2.05) is 0 Å². The van der Waals surface area contributed by atoms with Crippen molar-refractivity contribution in [1.82, 2.24) is 0 Å². The first-order chi connectivity index (χ1) is 2.91. The van der Waals surface area contributed by atoms with Gasteiger partial charge in [-0.1, -0.05) is 0 Å². The van der Waals surface area contributed by atoms with Gasteiger partial charge >= 0.3 is 0 Å². The number of hydrazone groups is 1. The summed E-state index contributed by atoms with van der Waals surface area (Å²) in [5.74, 6) is 4.68. The zero-order valence-corrected chi connectivity index (χ0v) is 3.33. The Kier molecular flexibility index (Phi) is 3.35. The normalized spacial score (nSPS) is 11.3. The van der Waals surface area contributed by atoms with Crippen molar-refractivity contribution in [2.24, 2.45) is 16.7 Å². The van der Waals surface area contributed by atoms with E-state index in [4.69, 9.17) is 5.73 Å². The number of nitrogens with zero attached hydrogens (tertiary/aromatic N) is 1. The van der Waals surface area contributed by atoms with Gasteiger partial charge in [-0.05, 0) is 12.3 Å². The molecule has 0 bridgehead atoms. The summed E-state index contributed by atoms with van der Waals surface area (Å²) in [6.45, 7) is 0. The van der Waals surface area contributed by atoms with Crippen LogP contribution in [0.1, 0.15) is 0 Å². The molecule has 4 N–H and O–H groups in total. The number of hydrogen-bond donors (Lipinski definition) is 2. The molecule has 0 rings (SSSR count). The van der Waals surface area contributed by atoms with Crippen LogP contribution in [0, 0.1) is 0 Å². The summed E-state index contributed by atoms with van der Waals surface area (Å²) >= 11 is 0. The first-order valence-electron chi connectivity index (χ1n) is 1.52. The van der Waals surface area contributed by atoms with Crippen molar-refractivity contribution in [3.8, 4) is 0 Å². The highest BCUT2D eigenvalue weighted by Crippen LogP contribution is 1.50. The summed E-state index contributed by atoms with van der Waals surface area (Å²) < 4.78 is 0. The van der Waals surface area contributed by atoms with Crippen LogP contribution in [-0.2, 0) is 0 Å². The van der Waals surface area contributed by atoms with Crippen LogP contribution in [0.5, 0.6) is 0 Å². The van der Waals surface area contributed by atoms with Gasteiger partial charge in [-0.2, -0.15) is 5.10 Å². The lowest BCUT2D eigenvalue weighted by Gasteiger charge is -1.65. The van der Waals surface area contributed by atoms with Gasteiger partial charge in [-0.15, -0.1) is 0 Å². The summed E-state index contributed by atoms with van der Waals surface area (Å²) in [5, 5.41) is 3.13. The molecule has 0 aliphatic carbocycles. The fourth-order valence-electron chi connectivity index (χ4n) is 0.0994. The molecule has 0 aliphatic rings. The van der Waals surface area contributed by atoms with E-state index in [9.17, 15) is 0 Å². The maximum absolute atomic E-state index is 4.89. The predicted molar refractivity (Wildman–Crippen MR) is 26.0 cm³/mol. The van der Waals surface area contributed by atoms with Crippen molar-refractivity contribution in [3.05, 3.63) is 12.3 Å². The Morgan fingerprint density at radius 3 is 2.33 bits per heavy atom. The Bertz CT molecular complexity index is 54.4. The zero-order valence-electron chi connectivity index (χ0n) is 3.33. The van der Waals surface area contributed by atoms with Gasteiger partial charge in [0.25, 0.3) is 0 Å². The third-order valence-corrected chi connectivity index (χ3v) is 0.283. The number of nitrogens with two attached hydrogens (primary N) is 2. The summed E-state index contributed by atoms with van der Waals surface area (Å²) in [6.07, 6.45) is 4.30. The van der Waals surface area contributed by atoms with Gasteiger partial charge in [0.15, 0.2) is 0 Å². The molecule has 3 heteroatoms. The van der Waals surface area contributed by atoms with Crippen molar-refractivity contribution >= 4 is 6.21 Å². The van der Waals surface area contributed by atoms with Gasteiger partial charge in [0.1, 0.15) is 0 Å². The highest BCUT2D eigenvalue weighted by molar-refractivity contribution is 5.70. The quantitative estimate of drug-likeness (QED) is 0.254. The standard InChI is InChI=1S/C3H7N3/c4-2-1-3-6-5/h1-3H,4-5H2/b2-1-,6-3+. The molecule has 0 aromatic carbocycles. The summed E-state index contributed by atoms with van der Waals surface area (Å²) in [6, 6.07) is 0. The Balaban J connectivity index is 3.07. The first-order valence-corrected chi connectivity index (χ1v) is 1.52. The number of rotatable bonds is 1. The fraction of sp³-hybridized carbons (Fsp3) is 0. The van der Waals surface area contributed by atoms with Gasteiger partial charge in [0.2, 0.25) is 0 Å². The predicted octanol–water partition coefficient (Wildman–Crippen LogP) is -0.597. The van der Waals surface area contributed by atoms with Crippen LogP contribution in [0.3, 0.4) is 0 Å². The smallest absolute Gasteiger partial charge is 0.0479 e. The molecular formula is C3H7N3. The number of hydrogen-bond acceptors (Lipinski definition) is 3. The van der Waals surface area contributed by atoms with E-state index in [-0.39, 0.29) is 0 Å². The largest absolute Gasteiger partial charge is 0.405 e. The molecule has 0 radical (unpaired) electrons. The second-order valence-corrected chi connectivity index (χ2v) is 0.683. The molecule has 34 valence electrons. The zero-order chi connectivity index (χ0) is 4.83. The van der Waals surface area contributed by atoms with E-state index < -0.39 is 0 Å². The molecule has 0 fully saturated rings. The molecular weight excluding hydrogens is 78.1 g/mol. The van der Waals surface area contributed by atoms with E-state index in [0.29, 0.717) is 0 Å².